The Labute approximate surface area is 123 Å². The molecule has 1 atom stereocenters. The van der Waals surface area contributed by atoms with Crippen molar-refractivity contribution in [3.63, 3.8) is 0 Å². The first-order chi connectivity index (χ1) is 9.41. The van der Waals surface area contributed by atoms with Crippen molar-refractivity contribution in [1.82, 2.24) is 9.78 Å². The average Bonchev–Trinajstić information content (AvgIpc) is 2.63. The molecule has 5 heteroatoms. The van der Waals surface area contributed by atoms with Crippen LogP contribution in [0.5, 0.6) is 0 Å². The molecule has 0 radical (unpaired) electrons. The van der Waals surface area contributed by atoms with Crippen molar-refractivity contribution in [3.05, 3.63) is 46.8 Å². The third-order valence-electron chi connectivity index (χ3n) is 3.37. The number of aryl methyl sites for hydroxylation is 2. The Kier molecular flexibility index (Phi) is 4.14. The van der Waals surface area contributed by atoms with Gasteiger partial charge in [-0.05, 0) is 32.4 Å². The van der Waals surface area contributed by atoms with E-state index in [1.807, 2.05) is 52.1 Å². The highest BCUT2D eigenvalue weighted by Crippen LogP contribution is 2.27. The van der Waals surface area contributed by atoms with Crippen LogP contribution in [0.3, 0.4) is 0 Å². The number of carbonyl (C=O) groups excluding carboxylic acids is 1. The number of carbonyl (C=O) groups is 1. The normalized spacial score (nSPS) is 12.2. The van der Waals surface area contributed by atoms with Gasteiger partial charge in [-0.25, -0.2) is 0 Å². The van der Waals surface area contributed by atoms with Crippen LogP contribution in [0, 0.1) is 13.8 Å². The molecular formula is C15H18ClN3O. The van der Waals surface area contributed by atoms with E-state index in [1.165, 1.54) is 0 Å². The van der Waals surface area contributed by atoms with E-state index in [9.17, 15) is 4.79 Å². The lowest BCUT2D eigenvalue weighted by Gasteiger charge is -2.12. The zero-order chi connectivity index (χ0) is 14.9. The highest BCUT2D eigenvalue weighted by Gasteiger charge is 2.18. The van der Waals surface area contributed by atoms with Crippen LogP contribution < -0.4 is 5.32 Å². The summed E-state index contributed by atoms with van der Waals surface area (Å²) in [5.74, 6) is -0.155. The number of para-hydroxylation sites is 1. The number of aromatic nitrogens is 2. The monoisotopic (exact) mass is 291 g/mol. The Hall–Kier alpha value is -1.81. The minimum atomic E-state index is -0.164. The zero-order valence-electron chi connectivity index (χ0n) is 12.1. The number of rotatable bonds is 3. The van der Waals surface area contributed by atoms with Crippen LogP contribution in [0.4, 0.5) is 5.69 Å². The lowest BCUT2D eigenvalue weighted by atomic mass is 10.1. The SMILES string of the molecule is Cc1nn(C)c(C)c1C(=O)Nc1ccccc1C(C)Cl. The fraction of sp³-hybridized carbons (Fsp3) is 0.333. The Morgan fingerprint density at radius 2 is 2.00 bits per heavy atom. The van der Waals surface area contributed by atoms with Gasteiger partial charge in [-0.1, -0.05) is 18.2 Å². The molecule has 0 bridgehead atoms. The van der Waals surface area contributed by atoms with E-state index in [2.05, 4.69) is 10.4 Å². The fourth-order valence-corrected chi connectivity index (χ4v) is 2.44. The molecule has 2 rings (SSSR count). The second kappa shape index (κ2) is 5.67. The summed E-state index contributed by atoms with van der Waals surface area (Å²) in [6, 6.07) is 7.55. The molecule has 1 amide bonds. The molecule has 20 heavy (non-hydrogen) atoms. The summed E-state index contributed by atoms with van der Waals surface area (Å²) in [6.45, 7) is 5.59. The van der Waals surface area contributed by atoms with Gasteiger partial charge < -0.3 is 5.32 Å². The summed E-state index contributed by atoms with van der Waals surface area (Å²) >= 11 is 6.14. The van der Waals surface area contributed by atoms with Gasteiger partial charge in [-0.2, -0.15) is 5.10 Å². The second-order valence-electron chi connectivity index (χ2n) is 4.83. The van der Waals surface area contributed by atoms with E-state index in [0.29, 0.717) is 5.56 Å². The average molecular weight is 292 g/mol. The van der Waals surface area contributed by atoms with Gasteiger partial charge in [0.2, 0.25) is 0 Å². The second-order valence-corrected chi connectivity index (χ2v) is 5.48. The summed E-state index contributed by atoms with van der Waals surface area (Å²) in [5.41, 5.74) is 3.82. The molecular weight excluding hydrogens is 274 g/mol. The maximum atomic E-state index is 12.4. The number of benzene rings is 1. The van der Waals surface area contributed by atoms with Gasteiger partial charge in [0.1, 0.15) is 0 Å². The summed E-state index contributed by atoms with van der Waals surface area (Å²) in [6.07, 6.45) is 0. The van der Waals surface area contributed by atoms with E-state index in [1.54, 1.807) is 4.68 Å². The third-order valence-corrected chi connectivity index (χ3v) is 3.61. The third kappa shape index (κ3) is 2.70. The highest BCUT2D eigenvalue weighted by atomic mass is 35.5. The molecule has 1 heterocycles. The van der Waals surface area contributed by atoms with Gasteiger partial charge in [-0.3, -0.25) is 9.48 Å². The maximum absolute atomic E-state index is 12.4. The number of anilines is 1. The predicted octanol–water partition coefficient (Wildman–Crippen LogP) is 3.59. The van der Waals surface area contributed by atoms with Gasteiger partial charge in [0.15, 0.2) is 0 Å². The Bertz CT molecular complexity index is 647. The standard InChI is InChI=1S/C15H18ClN3O/c1-9(16)12-7-5-6-8-13(12)17-15(20)14-10(2)18-19(4)11(14)3/h5-9H,1-4H3,(H,17,20). The Morgan fingerprint density at radius 3 is 2.55 bits per heavy atom. The van der Waals surface area contributed by atoms with Gasteiger partial charge in [-0.15, -0.1) is 11.6 Å². The van der Waals surface area contributed by atoms with E-state index in [0.717, 1.165) is 22.6 Å². The molecule has 0 aliphatic heterocycles. The summed E-state index contributed by atoms with van der Waals surface area (Å²) in [7, 11) is 1.83. The van der Waals surface area contributed by atoms with Gasteiger partial charge in [0, 0.05) is 18.4 Å². The van der Waals surface area contributed by atoms with Crippen LogP contribution in [0.1, 0.15) is 39.6 Å². The van der Waals surface area contributed by atoms with Gasteiger partial charge in [0.25, 0.3) is 5.91 Å². The number of nitrogens with zero attached hydrogens (tertiary/aromatic N) is 2. The van der Waals surface area contributed by atoms with E-state index in [-0.39, 0.29) is 11.3 Å². The molecule has 106 valence electrons. The van der Waals surface area contributed by atoms with Crippen molar-refractivity contribution in [3.8, 4) is 0 Å². The molecule has 0 aliphatic carbocycles. The lowest BCUT2D eigenvalue weighted by Crippen LogP contribution is -2.15. The molecule has 0 saturated heterocycles. The van der Waals surface area contributed by atoms with E-state index in [4.69, 9.17) is 11.6 Å². The van der Waals surface area contributed by atoms with E-state index >= 15 is 0 Å². The molecule has 1 aromatic heterocycles. The fourth-order valence-electron chi connectivity index (χ4n) is 2.24. The number of hydrogen-bond acceptors (Lipinski definition) is 2. The minimum absolute atomic E-state index is 0.155. The molecule has 1 unspecified atom stereocenters. The first-order valence-corrected chi connectivity index (χ1v) is 6.90. The largest absolute Gasteiger partial charge is 0.322 e. The number of hydrogen-bond donors (Lipinski definition) is 1. The summed E-state index contributed by atoms with van der Waals surface area (Å²) in [5, 5.41) is 7.02. The molecule has 4 nitrogen and oxygen atoms in total. The molecule has 1 aromatic carbocycles. The molecule has 0 spiro atoms. The highest BCUT2D eigenvalue weighted by molar-refractivity contribution is 6.21. The molecule has 0 fully saturated rings. The Balaban J connectivity index is 2.33. The topological polar surface area (TPSA) is 46.9 Å². The van der Waals surface area contributed by atoms with Gasteiger partial charge >= 0.3 is 0 Å². The minimum Gasteiger partial charge on any atom is -0.322 e. The van der Waals surface area contributed by atoms with Crippen LogP contribution in [0.25, 0.3) is 0 Å². The first-order valence-electron chi connectivity index (χ1n) is 6.46. The molecule has 2 aromatic rings. The zero-order valence-corrected chi connectivity index (χ0v) is 12.8. The number of amides is 1. The molecule has 1 N–H and O–H groups in total. The van der Waals surface area contributed by atoms with E-state index < -0.39 is 0 Å². The smallest absolute Gasteiger partial charge is 0.259 e. The lowest BCUT2D eigenvalue weighted by molar-refractivity contribution is 0.102. The van der Waals surface area contributed by atoms with Crippen molar-refractivity contribution in [1.29, 1.82) is 0 Å². The maximum Gasteiger partial charge on any atom is 0.259 e. The first kappa shape index (κ1) is 14.6. The quantitative estimate of drug-likeness (QED) is 0.879. The van der Waals surface area contributed by atoms with Crippen LogP contribution in [-0.2, 0) is 7.05 Å². The van der Waals surface area contributed by atoms with Crippen LogP contribution in [0.2, 0.25) is 0 Å². The van der Waals surface area contributed by atoms with Crippen molar-refractivity contribution < 1.29 is 4.79 Å². The van der Waals surface area contributed by atoms with Crippen molar-refractivity contribution in [2.24, 2.45) is 7.05 Å². The number of alkyl halides is 1. The number of nitrogens with one attached hydrogen (secondary N) is 1. The summed E-state index contributed by atoms with van der Waals surface area (Å²) in [4.78, 5) is 12.4. The van der Waals surface area contributed by atoms with Crippen molar-refractivity contribution >= 4 is 23.2 Å². The van der Waals surface area contributed by atoms with Crippen molar-refractivity contribution in [2.75, 3.05) is 5.32 Å². The number of halogens is 1. The summed E-state index contributed by atoms with van der Waals surface area (Å²) < 4.78 is 1.71. The van der Waals surface area contributed by atoms with Crippen molar-refractivity contribution in [2.45, 2.75) is 26.1 Å². The van der Waals surface area contributed by atoms with Gasteiger partial charge in [0.05, 0.1) is 16.6 Å². The molecule has 0 saturated carbocycles. The van der Waals surface area contributed by atoms with Crippen LogP contribution >= 0.6 is 11.6 Å². The van der Waals surface area contributed by atoms with Crippen LogP contribution in [0.15, 0.2) is 24.3 Å². The molecule has 0 aliphatic rings. The van der Waals surface area contributed by atoms with Crippen LogP contribution in [-0.4, -0.2) is 15.7 Å². The predicted molar refractivity (Wildman–Crippen MR) is 81.3 cm³/mol. The Morgan fingerprint density at radius 1 is 1.35 bits per heavy atom.